The van der Waals surface area contributed by atoms with E-state index in [1.807, 2.05) is 38.1 Å². The van der Waals surface area contributed by atoms with Crippen LogP contribution in [0.15, 0.2) is 41.5 Å². The molecule has 9 nitrogen and oxygen atoms in total. The molecule has 1 aromatic heterocycles. The minimum absolute atomic E-state index is 0.208. The molecule has 29 heavy (non-hydrogen) atoms. The summed E-state index contributed by atoms with van der Waals surface area (Å²) >= 11 is 0. The van der Waals surface area contributed by atoms with Gasteiger partial charge in [-0.2, -0.15) is 10.1 Å². The van der Waals surface area contributed by atoms with Crippen LogP contribution in [0.5, 0.6) is 0 Å². The summed E-state index contributed by atoms with van der Waals surface area (Å²) < 4.78 is 5.48. The first kappa shape index (κ1) is 19.0. The number of hydrogen-bond donors (Lipinski definition) is 3. The van der Waals surface area contributed by atoms with Gasteiger partial charge in [0, 0.05) is 41.8 Å². The molecule has 5 N–H and O–H groups in total. The third-order valence-corrected chi connectivity index (χ3v) is 5.02. The second kappa shape index (κ2) is 7.59. The lowest BCUT2D eigenvalue weighted by Gasteiger charge is -2.29. The highest BCUT2D eigenvalue weighted by Crippen LogP contribution is 2.30. The van der Waals surface area contributed by atoms with Crippen molar-refractivity contribution in [1.29, 1.82) is 0 Å². The second-order valence-electron chi connectivity index (χ2n) is 7.24. The summed E-state index contributed by atoms with van der Waals surface area (Å²) in [5.74, 6) is 1.64. The molecule has 4 rings (SSSR count). The molecule has 152 valence electrons. The first-order chi connectivity index (χ1) is 13.9. The summed E-state index contributed by atoms with van der Waals surface area (Å²) in [4.78, 5) is 10.8. The molecule has 0 spiro atoms. The number of amidine groups is 1. The summed E-state index contributed by atoms with van der Waals surface area (Å²) in [5.41, 5.74) is 16.2. The highest BCUT2D eigenvalue weighted by atomic mass is 16.5. The third-order valence-electron chi connectivity index (χ3n) is 5.02. The van der Waals surface area contributed by atoms with Gasteiger partial charge in [0.05, 0.1) is 13.2 Å². The van der Waals surface area contributed by atoms with E-state index in [4.69, 9.17) is 21.3 Å². The van der Waals surface area contributed by atoms with Gasteiger partial charge in [0.2, 0.25) is 5.95 Å². The van der Waals surface area contributed by atoms with Crippen molar-refractivity contribution in [3.8, 4) is 0 Å². The molecule has 0 saturated carbocycles. The smallest absolute Gasteiger partial charge is 0.222 e. The average Bonchev–Trinajstić information content (AvgIpc) is 3.01. The van der Waals surface area contributed by atoms with E-state index in [0.29, 0.717) is 24.7 Å². The van der Waals surface area contributed by atoms with Gasteiger partial charge in [0.15, 0.2) is 17.8 Å². The summed E-state index contributed by atoms with van der Waals surface area (Å²) in [5, 5.41) is 10.2. The van der Waals surface area contributed by atoms with Gasteiger partial charge >= 0.3 is 0 Å². The number of aryl methyl sites for hydroxylation is 2. The molecule has 1 aromatic carbocycles. The van der Waals surface area contributed by atoms with Crippen LogP contribution in [0.1, 0.15) is 11.3 Å². The number of nitrogens with zero attached hydrogens (tertiary/aromatic N) is 5. The van der Waals surface area contributed by atoms with Crippen LogP contribution in [0.2, 0.25) is 0 Å². The number of aromatic nitrogens is 2. The number of morpholine rings is 1. The number of rotatable bonds is 3. The number of hydrogen-bond acceptors (Lipinski definition) is 9. The zero-order valence-corrected chi connectivity index (χ0v) is 16.7. The van der Waals surface area contributed by atoms with E-state index >= 15 is 0 Å². The normalized spacial score (nSPS) is 19.4. The zero-order valence-electron chi connectivity index (χ0n) is 16.7. The predicted molar refractivity (Wildman–Crippen MR) is 116 cm³/mol. The Balaban J connectivity index is 1.72. The van der Waals surface area contributed by atoms with Crippen molar-refractivity contribution in [2.75, 3.05) is 48.1 Å². The number of nitrogens with one attached hydrogen (secondary N) is 1. The summed E-state index contributed by atoms with van der Waals surface area (Å²) in [6.45, 7) is 11.1. The highest BCUT2D eigenvalue weighted by molar-refractivity contribution is 6.03. The Morgan fingerprint density at radius 3 is 2.62 bits per heavy atom. The lowest BCUT2D eigenvalue weighted by molar-refractivity contribution is 0.0683. The van der Waals surface area contributed by atoms with Crippen LogP contribution in [-0.2, 0) is 4.74 Å². The zero-order chi connectivity index (χ0) is 20.5. The summed E-state index contributed by atoms with van der Waals surface area (Å²) in [6.07, 6.45) is -0.331. The molecule has 2 aliphatic rings. The Bertz CT molecular complexity index is 947. The predicted octanol–water partition coefficient (Wildman–Crippen LogP) is 1.72. The monoisotopic (exact) mass is 394 g/mol. The molecule has 1 atom stereocenters. The molecular weight excluding hydrogens is 368 g/mol. The Morgan fingerprint density at radius 1 is 1.14 bits per heavy atom. The molecular formula is C20H26N8O. The topological polar surface area (TPSA) is 118 Å². The van der Waals surface area contributed by atoms with E-state index in [9.17, 15) is 0 Å². The van der Waals surface area contributed by atoms with Gasteiger partial charge in [-0.1, -0.05) is 12.6 Å². The quantitative estimate of drug-likeness (QED) is 0.674. The molecule has 2 aromatic rings. The summed E-state index contributed by atoms with van der Waals surface area (Å²) in [7, 11) is 0. The molecule has 0 amide bonds. The van der Waals surface area contributed by atoms with E-state index in [2.05, 4.69) is 26.8 Å². The number of ether oxygens (including phenoxy) is 1. The fourth-order valence-corrected chi connectivity index (χ4v) is 3.50. The SMILES string of the molecule is C=C1C(N2CCOCC2)=NN(c2cc(C)nc(N)n2)C1Nc1cc(N)ccc1C. The average molecular weight is 394 g/mol. The molecule has 3 heterocycles. The number of nitrogen functional groups attached to an aromatic ring is 2. The van der Waals surface area contributed by atoms with Crippen molar-refractivity contribution >= 4 is 29.0 Å². The van der Waals surface area contributed by atoms with Crippen molar-refractivity contribution in [3.63, 3.8) is 0 Å². The molecule has 9 heteroatoms. The van der Waals surface area contributed by atoms with Gasteiger partial charge in [0.25, 0.3) is 0 Å². The van der Waals surface area contributed by atoms with Crippen LogP contribution in [0.4, 0.5) is 23.1 Å². The molecule has 0 radical (unpaired) electrons. The van der Waals surface area contributed by atoms with E-state index in [1.165, 1.54) is 0 Å². The lowest BCUT2D eigenvalue weighted by atomic mass is 10.1. The number of hydrazone groups is 1. The van der Waals surface area contributed by atoms with Gasteiger partial charge in [0.1, 0.15) is 0 Å². The Kier molecular flexibility index (Phi) is 4.98. The maximum Gasteiger partial charge on any atom is 0.222 e. The van der Waals surface area contributed by atoms with Crippen LogP contribution < -0.4 is 21.8 Å². The van der Waals surface area contributed by atoms with Crippen LogP contribution in [0.25, 0.3) is 0 Å². The number of anilines is 4. The number of benzene rings is 1. The van der Waals surface area contributed by atoms with Gasteiger partial charge in [-0.3, -0.25) is 0 Å². The van der Waals surface area contributed by atoms with E-state index in [1.54, 1.807) is 5.01 Å². The van der Waals surface area contributed by atoms with Crippen LogP contribution in [0.3, 0.4) is 0 Å². The lowest BCUT2D eigenvalue weighted by Crippen LogP contribution is -2.42. The third kappa shape index (κ3) is 3.81. The Labute approximate surface area is 170 Å². The maximum atomic E-state index is 6.00. The largest absolute Gasteiger partial charge is 0.399 e. The molecule has 1 unspecified atom stereocenters. The Morgan fingerprint density at radius 2 is 1.90 bits per heavy atom. The maximum absolute atomic E-state index is 6.00. The van der Waals surface area contributed by atoms with Crippen molar-refractivity contribution in [3.05, 3.63) is 47.7 Å². The van der Waals surface area contributed by atoms with Crippen LogP contribution in [-0.4, -0.2) is 53.2 Å². The fourth-order valence-electron chi connectivity index (χ4n) is 3.50. The molecule has 1 saturated heterocycles. The molecule has 1 fully saturated rings. The van der Waals surface area contributed by atoms with E-state index < -0.39 is 0 Å². The number of nitrogens with two attached hydrogens (primary N) is 2. The van der Waals surface area contributed by atoms with Gasteiger partial charge in [-0.05, 0) is 31.5 Å². The first-order valence-electron chi connectivity index (χ1n) is 9.56. The van der Waals surface area contributed by atoms with Crippen LogP contribution in [0, 0.1) is 13.8 Å². The molecule has 2 aliphatic heterocycles. The van der Waals surface area contributed by atoms with Crippen molar-refractivity contribution in [1.82, 2.24) is 14.9 Å². The highest BCUT2D eigenvalue weighted by Gasteiger charge is 2.36. The van der Waals surface area contributed by atoms with Gasteiger partial charge in [-0.15, -0.1) is 0 Å². The van der Waals surface area contributed by atoms with Gasteiger partial charge in [-0.25, -0.2) is 9.99 Å². The standard InChI is InChI=1S/C20H26N8O/c1-12-4-5-15(21)11-16(12)24-18-14(3)19(27-6-8-29-9-7-27)26-28(18)17-10-13(2)23-20(22)25-17/h4-5,10-11,18,24H,3,6-9,21H2,1-2H3,(H2,22,23,25). The van der Waals surface area contributed by atoms with Gasteiger partial charge < -0.3 is 26.4 Å². The van der Waals surface area contributed by atoms with Crippen LogP contribution >= 0.6 is 0 Å². The van der Waals surface area contributed by atoms with Crippen molar-refractivity contribution in [2.24, 2.45) is 5.10 Å². The summed E-state index contributed by atoms with van der Waals surface area (Å²) in [6, 6.07) is 7.63. The minimum atomic E-state index is -0.331. The molecule has 0 bridgehead atoms. The van der Waals surface area contributed by atoms with E-state index in [-0.39, 0.29) is 12.1 Å². The van der Waals surface area contributed by atoms with Crippen molar-refractivity contribution in [2.45, 2.75) is 20.0 Å². The van der Waals surface area contributed by atoms with E-state index in [0.717, 1.165) is 41.4 Å². The molecule has 0 aliphatic carbocycles. The minimum Gasteiger partial charge on any atom is -0.399 e. The fraction of sp³-hybridized carbons (Fsp3) is 0.350. The Hall–Kier alpha value is -3.33. The first-order valence-corrected chi connectivity index (χ1v) is 9.56. The van der Waals surface area contributed by atoms with Crippen molar-refractivity contribution < 1.29 is 4.74 Å². The second-order valence-corrected chi connectivity index (χ2v) is 7.24.